The second-order valence-corrected chi connectivity index (χ2v) is 5.42. The maximum Gasteiger partial charge on any atom is 0.251 e. The lowest BCUT2D eigenvalue weighted by Gasteiger charge is -2.28. The second-order valence-electron chi connectivity index (χ2n) is 5.42. The Labute approximate surface area is 113 Å². The normalized spacial score (nSPS) is 23.1. The van der Waals surface area contributed by atoms with Crippen molar-refractivity contribution in [2.75, 3.05) is 6.54 Å². The number of hydrogen-bond donors (Lipinski definition) is 2. The highest BCUT2D eigenvalue weighted by atomic mass is 19.1. The molecule has 0 bridgehead atoms. The Hall–Kier alpha value is -1.42. The van der Waals surface area contributed by atoms with Crippen LogP contribution in [0.1, 0.15) is 42.1 Å². The number of halogens is 1. The maximum absolute atomic E-state index is 13.2. The number of hydrogen-bond acceptors (Lipinski definition) is 2. The third kappa shape index (κ3) is 4.03. The van der Waals surface area contributed by atoms with Gasteiger partial charge in [0, 0.05) is 24.2 Å². The van der Waals surface area contributed by atoms with Crippen molar-refractivity contribution in [1.82, 2.24) is 10.6 Å². The predicted octanol–water partition coefficient (Wildman–Crippen LogP) is 2.39. The number of piperidine rings is 1. The van der Waals surface area contributed by atoms with E-state index in [4.69, 9.17) is 0 Å². The fourth-order valence-corrected chi connectivity index (χ4v) is 2.59. The Morgan fingerprint density at radius 3 is 2.89 bits per heavy atom. The zero-order valence-electron chi connectivity index (χ0n) is 11.5. The monoisotopic (exact) mass is 264 g/mol. The van der Waals surface area contributed by atoms with Gasteiger partial charge in [-0.1, -0.05) is 6.42 Å². The molecule has 1 heterocycles. The minimum absolute atomic E-state index is 0.206. The average Bonchev–Trinajstić information content (AvgIpc) is 2.35. The van der Waals surface area contributed by atoms with Gasteiger partial charge in [-0.05, 0) is 50.5 Å². The summed E-state index contributed by atoms with van der Waals surface area (Å²) in [5, 5.41) is 6.33. The molecule has 0 aliphatic carbocycles. The van der Waals surface area contributed by atoms with Gasteiger partial charge >= 0.3 is 0 Å². The molecule has 0 radical (unpaired) electrons. The fraction of sp³-hybridized carbons (Fsp3) is 0.533. The SMILES string of the molecule is Cc1cc(F)cc(C(=O)NCC2CCCC(C)N2)c1. The molecule has 1 saturated heterocycles. The first-order valence-electron chi connectivity index (χ1n) is 6.86. The summed E-state index contributed by atoms with van der Waals surface area (Å²) in [5.74, 6) is -0.572. The molecule has 3 nitrogen and oxygen atoms in total. The fourth-order valence-electron chi connectivity index (χ4n) is 2.59. The molecule has 2 atom stereocenters. The minimum Gasteiger partial charge on any atom is -0.350 e. The third-order valence-corrected chi connectivity index (χ3v) is 3.52. The number of amides is 1. The van der Waals surface area contributed by atoms with Crippen LogP contribution in [0.5, 0.6) is 0 Å². The number of aryl methyl sites for hydroxylation is 1. The summed E-state index contributed by atoms with van der Waals surface area (Å²) in [5.41, 5.74) is 1.15. The van der Waals surface area contributed by atoms with Crippen LogP contribution in [-0.2, 0) is 0 Å². The Kier molecular flexibility index (Phi) is 4.53. The van der Waals surface area contributed by atoms with E-state index in [1.165, 1.54) is 25.0 Å². The lowest BCUT2D eigenvalue weighted by Crippen LogP contribution is -2.47. The summed E-state index contributed by atoms with van der Waals surface area (Å²) < 4.78 is 13.2. The third-order valence-electron chi connectivity index (χ3n) is 3.52. The van der Waals surface area contributed by atoms with Crippen molar-refractivity contribution in [2.45, 2.75) is 45.2 Å². The van der Waals surface area contributed by atoms with Gasteiger partial charge in [-0.25, -0.2) is 4.39 Å². The number of carbonyl (C=O) groups excluding carboxylic acids is 1. The first kappa shape index (κ1) is 14.0. The van der Waals surface area contributed by atoms with Crippen LogP contribution in [0.25, 0.3) is 0 Å². The number of nitrogens with one attached hydrogen (secondary N) is 2. The zero-order valence-corrected chi connectivity index (χ0v) is 11.5. The van der Waals surface area contributed by atoms with Crippen molar-refractivity contribution in [3.05, 3.63) is 35.1 Å². The molecule has 2 unspecified atom stereocenters. The van der Waals surface area contributed by atoms with Gasteiger partial charge in [0.2, 0.25) is 0 Å². The van der Waals surface area contributed by atoms with Gasteiger partial charge in [-0.3, -0.25) is 4.79 Å². The Morgan fingerprint density at radius 2 is 2.21 bits per heavy atom. The number of benzene rings is 1. The van der Waals surface area contributed by atoms with Crippen LogP contribution in [0.4, 0.5) is 4.39 Å². The standard InChI is InChI=1S/C15H21FN2O/c1-10-6-12(8-13(16)7-10)15(19)17-9-14-5-3-4-11(2)18-14/h6-8,11,14,18H,3-5,9H2,1-2H3,(H,17,19). The molecule has 1 aromatic rings. The summed E-state index contributed by atoms with van der Waals surface area (Å²) in [6.45, 7) is 4.53. The highest BCUT2D eigenvalue weighted by Gasteiger charge is 2.18. The molecule has 0 saturated carbocycles. The molecule has 1 aromatic carbocycles. The Bertz CT molecular complexity index is 441. The zero-order chi connectivity index (χ0) is 13.8. The number of carbonyl (C=O) groups is 1. The first-order valence-corrected chi connectivity index (χ1v) is 6.86. The van der Waals surface area contributed by atoms with E-state index in [0.717, 1.165) is 12.0 Å². The van der Waals surface area contributed by atoms with E-state index in [-0.39, 0.29) is 11.7 Å². The molecule has 1 fully saturated rings. The molecule has 1 aliphatic rings. The molecule has 19 heavy (non-hydrogen) atoms. The summed E-state index contributed by atoms with van der Waals surface area (Å²) in [6.07, 6.45) is 3.45. The van der Waals surface area contributed by atoms with E-state index in [1.807, 2.05) is 0 Å². The van der Waals surface area contributed by atoms with Gasteiger partial charge in [-0.15, -0.1) is 0 Å². The summed E-state index contributed by atoms with van der Waals surface area (Å²) in [4.78, 5) is 12.0. The molecule has 104 valence electrons. The Morgan fingerprint density at radius 1 is 1.42 bits per heavy atom. The van der Waals surface area contributed by atoms with Gasteiger partial charge in [0.1, 0.15) is 5.82 Å². The van der Waals surface area contributed by atoms with Crippen molar-refractivity contribution < 1.29 is 9.18 Å². The smallest absolute Gasteiger partial charge is 0.251 e. The van der Waals surface area contributed by atoms with Crippen LogP contribution < -0.4 is 10.6 Å². The van der Waals surface area contributed by atoms with Crippen molar-refractivity contribution in [1.29, 1.82) is 0 Å². The molecule has 2 rings (SSSR count). The molecule has 1 amide bonds. The summed E-state index contributed by atoms with van der Waals surface area (Å²) >= 11 is 0. The predicted molar refractivity (Wildman–Crippen MR) is 73.7 cm³/mol. The Balaban J connectivity index is 1.90. The maximum atomic E-state index is 13.2. The van der Waals surface area contributed by atoms with Crippen LogP contribution >= 0.6 is 0 Å². The van der Waals surface area contributed by atoms with Crippen molar-refractivity contribution >= 4 is 5.91 Å². The first-order chi connectivity index (χ1) is 9.04. The molecular formula is C15H21FN2O. The van der Waals surface area contributed by atoms with Crippen LogP contribution in [0.15, 0.2) is 18.2 Å². The molecular weight excluding hydrogens is 243 g/mol. The molecule has 2 N–H and O–H groups in total. The molecule has 0 spiro atoms. The van der Waals surface area contributed by atoms with Crippen molar-refractivity contribution in [2.24, 2.45) is 0 Å². The van der Waals surface area contributed by atoms with E-state index < -0.39 is 0 Å². The van der Waals surface area contributed by atoms with Crippen molar-refractivity contribution in [3.8, 4) is 0 Å². The lowest BCUT2D eigenvalue weighted by atomic mass is 9.99. The van der Waals surface area contributed by atoms with E-state index in [0.29, 0.717) is 24.2 Å². The van der Waals surface area contributed by atoms with Gasteiger partial charge in [-0.2, -0.15) is 0 Å². The van der Waals surface area contributed by atoms with E-state index in [1.54, 1.807) is 13.0 Å². The van der Waals surface area contributed by atoms with Gasteiger partial charge in [0.15, 0.2) is 0 Å². The minimum atomic E-state index is -0.366. The van der Waals surface area contributed by atoms with Crippen LogP contribution in [0.2, 0.25) is 0 Å². The molecule has 1 aliphatic heterocycles. The molecule has 0 aromatic heterocycles. The van der Waals surface area contributed by atoms with Gasteiger partial charge < -0.3 is 10.6 Å². The quantitative estimate of drug-likeness (QED) is 0.880. The van der Waals surface area contributed by atoms with Crippen LogP contribution in [-0.4, -0.2) is 24.5 Å². The van der Waals surface area contributed by atoms with Crippen molar-refractivity contribution in [3.63, 3.8) is 0 Å². The molecule has 4 heteroatoms. The van der Waals surface area contributed by atoms with Crippen LogP contribution in [0, 0.1) is 12.7 Å². The van der Waals surface area contributed by atoms with Crippen LogP contribution in [0.3, 0.4) is 0 Å². The summed E-state index contributed by atoms with van der Waals surface area (Å²) in [7, 11) is 0. The van der Waals surface area contributed by atoms with Gasteiger partial charge in [0.25, 0.3) is 5.91 Å². The number of rotatable bonds is 3. The largest absolute Gasteiger partial charge is 0.350 e. The topological polar surface area (TPSA) is 41.1 Å². The second kappa shape index (κ2) is 6.15. The highest BCUT2D eigenvalue weighted by molar-refractivity contribution is 5.94. The summed E-state index contributed by atoms with van der Waals surface area (Å²) in [6, 6.07) is 5.23. The van der Waals surface area contributed by atoms with E-state index in [2.05, 4.69) is 17.6 Å². The van der Waals surface area contributed by atoms with E-state index in [9.17, 15) is 9.18 Å². The van der Waals surface area contributed by atoms with E-state index >= 15 is 0 Å². The highest BCUT2D eigenvalue weighted by Crippen LogP contribution is 2.12. The average molecular weight is 264 g/mol. The van der Waals surface area contributed by atoms with Gasteiger partial charge in [0.05, 0.1) is 0 Å². The lowest BCUT2D eigenvalue weighted by molar-refractivity contribution is 0.0945.